The van der Waals surface area contributed by atoms with Crippen molar-refractivity contribution < 1.29 is 8.78 Å². The summed E-state index contributed by atoms with van der Waals surface area (Å²) in [5, 5.41) is 1.14. The molecule has 0 unspecified atom stereocenters. The number of benzene rings is 3. The molecule has 0 atom stereocenters. The lowest BCUT2D eigenvalue weighted by Gasteiger charge is -2.32. The van der Waals surface area contributed by atoms with Crippen molar-refractivity contribution in [1.82, 2.24) is 9.88 Å². The summed E-state index contributed by atoms with van der Waals surface area (Å²) >= 11 is 0. The molecule has 0 aliphatic carbocycles. The molecule has 1 N–H and O–H groups in total. The summed E-state index contributed by atoms with van der Waals surface area (Å²) in [5.41, 5.74) is 4.78. The topological polar surface area (TPSA) is 19.0 Å². The van der Waals surface area contributed by atoms with E-state index in [2.05, 4.69) is 46.3 Å². The van der Waals surface area contributed by atoms with E-state index in [-0.39, 0.29) is 0 Å². The van der Waals surface area contributed by atoms with Gasteiger partial charge in [0, 0.05) is 29.1 Å². The number of hydrogen-bond donors (Lipinski definition) is 1. The molecule has 0 spiro atoms. The zero-order chi connectivity index (χ0) is 21.2. The molecular formula is C27H26F2N2. The van der Waals surface area contributed by atoms with E-state index in [1.165, 1.54) is 17.2 Å². The van der Waals surface area contributed by atoms with Crippen LogP contribution in [0.4, 0.5) is 8.78 Å². The van der Waals surface area contributed by atoms with Gasteiger partial charge in [0.1, 0.15) is 11.6 Å². The van der Waals surface area contributed by atoms with Gasteiger partial charge in [0.2, 0.25) is 0 Å². The zero-order valence-corrected chi connectivity index (χ0v) is 17.5. The van der Waals surface area contributed by atoms with E-state index in [4.69, 9.17) is 0 Å². The molecule has 158 valence electrons. The maximum Gasteiger partial charge on any atom is 0.135 e. The fourth-order valence-electron chi connectivity index (χ4n) is 4.87. The molecule has 4 aromatic rings. The number of H-pyrrole nitrogens is 1. The Morgan fingerprint density at radius 1 is 0.871 bits per heavy atom. The molecule has 1 fully saturated rings. The Morgan fingerprint density at radius 3 is 2.39 bits per heavy atom. The Labute approximate surface area is 181 Å². The lowest BCUT2D eigenvalue weighted by molar-refractivity contribution is 0.215. The fourth-order valence-corrected chi connectivity index (χ4v) is 4.87. The summed E-state index contributed by atoms with van der Waals surface area (Å²) in [6.07, 6.45) is 3.13. The highest BCUT2D eigenvalue weighted by atomic mass is 19.1. The van der Waals surface area contributed by atoms with Gasteiger partial charge in [-0.05, 0) is 67.6 Å². The number of hydrogen-bond acceptors (Lipinski definition) is 1. The maximum absolute atomic E-state index is 14.7. The number of likely N-dealkylation sites (tertiary alicyclic amines) is 1. The number of piperidine rings is 1. The van der Waals surface area contributed by atoms with Gasteiger partial charge in [-0.15, -0.1) is 0 Å². The van der Waals surface area contributed by atoms with E-state index in [1.807, 2.05) is 18.2 Å². The summed E-state index contributed by atoms with van der Waals surface area (Å²) in [5.74, 6) is -0.720. The van der Waals surface area contributed by atoms with Crippen molar-refractivity contribution in [3.63, 3.8) is 0 Å². The minimum atomic E-state index is -0.550. The third-order valence-electron chi connectivity index (χ3n) is 6.50. The van der Waals surface area contributed by atoms with Gasteiger partial charge < -0.3 is 9.88 Å². The predicted molar refractivity (Wildman–Crippen MR) is 122 cm³/mol. The first-order valence-corrected chi connectivity index (χ1v) is 11.0. The normalized spacial score (nSPS) is 15.5. The van der Waals surface area contributed by atoms with Gasteiger partial charge in [-0.25, -0.2) is 8.78 Å². The number of nitrogens with one attached hydrogen (secondary N) is 1. The molecular weight excluding hydrogens is 390 g/mol. The highest BCUT2D eigenvalue weighted by Gasteiger charge is 2.27. The quantitative estimate of drug-likeness (QED) is 0.392. The zero-order valence-electron chi connectivity index (χ0n) is 17.5. The van der Waals surface area contributed by atoms with Crippen LogP contribution in [-0.4, -0.2) is 29.5 Å². The smallest absolute Gasteiger partial charge is 0.135 e. The van der Waals surface area contributed by atoms with Crippen molar-refractivity contribution in [1.29, 1.82) is 0 Å². The van der Waals surface area contributed by atoms with Crippen molar-refractivity contribution in [2.45, 2.75) is 25.2 Å². The SMILES string of the molecule is Fc1ccc(-c2[nH]c3ccccc3c2C2CCN(CCc3ccccc3)CC2)c(F)c1. The molecule has 1 aliphatic rings. The number of nitrogens with zero attached hydrogens (tertiary/aromatic N) is 1. The summed E-state index contributed by atoms with van der Waals surface area (Å²) in [6.45, 7) is 3.12. The molecule has 31 heavy (non-hydrogen) atoms. The van der Waals surface area contributed by atoms with Crippen LogP contribution in [0, 0.1) is 11.6 Å². The Hall–Kier alpha value is -2.98. The molecule has 2 heterocycles. The largest absolute Gasteiger partial charge is 0.354 e. The van der Waals surface area contributed by atoms with Crippen LogP contribution in [0.2, 0.25) is 0 Å². The van der Waals surface area contributed by atoms with E-state index in [0.717, 1.165) is 61.6 Å². The number of fused-ring (bicyclic) bond motifs is 1. The lowest BCUT2D eigenvalue weighted by Crippen LogP contribution is -2.34. The first-order valence-electron chi connectivity index (χ1n) is 11.0. The molecule has 0 bridgehead atoms. The van der Waals surface area contributed by atoms with Crippen molar-refractivity contribution in [3.8, 4) is 11.3 Å². The van der Waals surface area contributed by atoms with Gasteiger partial charge in [0.15, 0.2) is 0 Å². The highest BCUT2D eigenvalue weighted by Crippen LogP contribution is 2.41. The third kappa shape index (κ3) is 4.13. The number of aromatic amines is 1. The lowest BCUT2D eigenvalue weighted by atomic mass is 9.86. The van der Waals surface area contributed by atoms with Gasteiger partial charge >= 0.3 is 0 Å². The number of aromatic nitrogens is 1. The summed E-state index contributed by atoms with van der Waals surface area (Å²) in [7, 11) is 0. The Morgan fingerprint density at radius 2 is 1.61 bits per heavy atom. The molecule has 0 radical (unpaired) electrons. The van der Waals surface area contributed by atoms with Crippen molar-refractivity contribution in [2.24, 2.45) is 0 Å². The molecule has 3 aromatic carbocycles. The second-order valence-electron chi connectivity index (χ2n) is 8.43. The first-order chi connectivity index (χ1) is 15.2. The van der Waals surface area contributed by atoms with Crippen molar-refractivity contribution in [2.75, 3.05) is 19.6 Å². The molecule has 4 heteroatoms. The Kier molecular flexibility index (Phi) is 5.56. The van der Waals surface area contributed by atoms with E-state index < -0.39 is 11.6 Å². The van der Waals surface area contributed by atoms with Crippen molar-refractivity contribution >= 4 is 10.9 Å². The van der Waals surface area contributed by atoms with Crippen LogP contribution in [0.25, 0.3) is 22.2 Å². The molecule has 5 rings (SSSR count). The molecule has 0 amide bonds. The van der Waals surface area contributed by atoms with Gasteiger partial charge in [-0.1, -0.05) is 48.5 Å². The molecule has 1 aromatic heterocycles. The first kappa shape index (κ1) is 20.0. The minimum Gasteiger partial charge on any atom is -0.354 e. The van der Waals surface area contributed by atoms with Crippen LogP contribution in [0.15, 0.2) is 72.8 Å². The second-order valence-corrected chi connectivity index (χ2v) is 8.43. The Bertz CT molecular complexity index is 1170. The molecule has 2 nitrogen and oxygen atoms in total. The van der Waals surface area contributed by atoms with E-state index in [1.54, 1.807) is 6.07 Å². The van der Waals surface area contributed by atoms with Crippen LogP contribution >= 0.6 is 0 Å². The van der Waals surface area contributed by atoms with Crippen LogP contribution in [0.1, 0.15) is 29.9 Å². The van der Waals surface area contributed by atoms with Gasteiger partial charge in [-0.2, -0.15) is 0 Å². The van der Waals surface area contributed by atoms with Gasteiger partial charge in [0.05, 0.1) is 5.69 Å². The Balaban J connectivity index is 1.39. The van der Waals surface area contributed by atoms with Crippen molar-refractivity contribution in [3.05, 3.63) is 95.6 Å². The van der Waals surface area contributed by atoms with Crippen LogP contribution < -0.4 is 0 Å². The molecule has 0 saturated carbocycles. The number of halogens is 2. The summed E-state index contributed by atoms with van der Waals surface area (Å²) < 4.78 is 28.2. The third-order valence-corrected chi connectivity index (χ3v) is 6.50. The van der Waals surface area contributed by atoms with Crippen LogP contribution in [-0.2, 0) is 6.42 Å². The fraction of sp³-hybridized carbons (Fsp3) is 0.259. The monoisotopic (exact) mass is 416 g/mol. The molecule has 1 saturated heterocycles. The second kappa shape index (κ2) is 8.64. The maximum atomic E-state index is 14.7. The van der Waals surface area contributed by atoms with Crippen LogP contribution in [0.3, 0.4) is 0 Å². The van der Waals surface area contributed by atoms with E-state index in [9.17, 15) is 8.78 Å². The number of para-hydroxylation sites is 1. The standard InChI is InChI=1S/C27H26F2N2/c28-21-10-11-22(24(29)18-21)27-26(23-8-4-5-9-25(23)30-27)20-13-16-31(17-14-20)15-12-19-6-2-1-3-7-19/h1-11,18,20,30H,12-17H2. The highest BCUT2D eigenvalue weighted by molar-refractivity contribution is 5.91. The summed E-state index contributed by atoms with van der Waals surface area (Å²) in [6, 6.07) is 22.6. The van der Waals surface area contributed by atoms with Crippen LogP contribution in [0.5, 0.6) is 0 Å². The minimum absolute atomic E-state index is 0.351. The average Bonchev–Trinajstić information content (AvgIpc) is 3.18. The van der Waals surface area contributed by atoms with E-state index >= 15 is 0 Å². The average molecular weight is 417 g/mol. The van der Waals surface area contributed by atoms with Gasteiger partial charge in [-0.3, -0.25) is 0 Å². The summed E-state index contributed by atoms with van der Waals surface area (Å²) in [4.78, 5) is 5.94. The predicted octanol–water partition coefficient (Wildman–Crippen LogP) is 6.54. The van der Waals surface area contributed by atoms with Gasteiger partial charge in [0.25, 0.3) is 0 Å². The van der Waals surface area contributed by atoms with E-state index in [0.29, 0.717) is 11.5 Å². The molecule has 1 aliphatic heterocycles. The number of rotatable bonds is 5.